The smallest absolute Gasteiger partial charge is 0.118 e. The van der Waals surface area contributed by atoms with Crippen LogP contribution in [0.15, 0.2) is 42.5 Å². The molecule has 0 atom stereocenters. The maximum Gasteiger partial charge on any atom is 0.118 e. The summed E-state index contributed by atoms with van der Waals surface area (Å²) in [4.78, 5) is 0. The molecule has 1 saturated carbocycles. The lowest BCUT2D eigenvalue weighted by Gasteiger charge is -2.26. The Balaban J connectivity index is 1.79. The summed E-state index contributed by atoms with van der Waals surface area (Å²) in [5.41, 5.74) is 4.82. The molecular formula is C20H24O. The Kier molecular flexibility index (Phi) is 4.01. The molecule has 2 aromatic rings. The zero-order chi connectivity index (χ0) is 14.8. The largest absolute Gasteiger partial charge is 0.508 e. The lowest BCUT2D eigenvalue weighted by molar-refractivity contribution is 0.348. The zero-order valence-electron chi connectivity index (χ0n) is 13.0. The van der Waals surface area contributed by atoms with Gasteiger partial charge in [-0.25, -0.2) is 0 Å². The van der Waals surface area contributed by atoms with Crippen LogP contribution < -0.4 is 0 Å². The highest BCUT2D eigenvalue weighted by Gasteiger charge is 2.19. The van der Waals surface area contributed by atoms with Crippen LogP contribution in [0.1, 0.15) is 49.7 Å². The minimum Gasteiger partial charge on any atom is -0.508 e. The molecule has 1 N–H and O–H groups in total. The van der Waals surface area contributed by atoms with Gasteiger partial charge in [0, 0.05) is 0 Å². The predicted octanol–water partition coefficient (Wildman–Crippen LogP) is 5.66. The highest BCUT2D eigenvalue weighted by atomic mass is 16.3. The molecule has 0 spiro atoms. The second kappa shape index (κ2) is 5.93. The van der Waals surface area contributed by atoms with Crippen molar-refractivity contribution in [3.05, 3.63) is 53.6 Å². The van der Waals surface area contributed by atoms with Gasteiger partial charge in [-0.3, -0.25) is 0 Å². The van der Waals surface area contributed by atoms with Gasteiger partial charge in [-0.1, -0.05) is 50.1 Å². The summed E-state index contributed by atoms with van der Waals surface area (Å²) < 4.78 is 0. The fourth-order valence-corrected chi connectivity index (χ4v) is 3.38. The minimum absolute atomic E-state index is 0.367. The minimum atomic E-state index is 0.367. The number of aromatic hydroxyl groups is 1. The molecule has 1 aliphatic carbocycles. The molecule has 1 aliphatic rings. The lowest BCUT2D eigenvalue weighted by atomic mass is 9.79. The summed E-state index contributed by atoms with van der Waals surface area (Å²) >= 11 is 0. The maximum absolute atomic E-state index is 9.63. The van der Waals surface area contributed by atoms with Gasteiger partial charge in [0.25, 0.3) is 0 Å². The fourth-order valence-electron chi connectivity index (χ4n) is 3.38. The number of aryl methyl sites for hydroxylation is 1. The Morgan fingerprint density at radius 3 is 2.10 bits per heavy atom. The van der Waals surface area contributed by atoms with Crippen LogP contribution in [0.4, 0.5) is 0 Å². The standard InChI is InChI=1S/C20H24O/c1-14-3-5-16(6-4-14)17-7-9-18(10-8-17)19-11-12-20(21)15(2)13-19/h7-14,16,21H,3-6H2,1-2H3. The van der Waals surface area contributed by atoms with Crippen LogP contribution in [0.2, 0.25) is 0 Å². The maximum atomic E-state index is 9.63. The van der Waals surface area contributed by atoms with E-state index in [9.17, 15) is 5.11 Å². The molecule has 2 aromatic carbocycles. The van der Waals surface area contributed by atoms with E-state index in [2.05, 4.69) is 31.2 Å². The molecule has 1 nitrogen and oxygen atoms in total. The SMILES string of the molecule is Cc1cc(-c2ccc(C3CCC(C)CC3)cc2)ccc1O. The van der Waals surface area contributed by atoms with Gasteiger partial charge in [-0.15, -0.1) is 0 Å². The Morgan fingerprint density at radius 1 is 0.857 bits per heavy atom. The van der Waals surface area contributed by atoms with Crippen LogP contribution in [0, 0.1) is 12.8 Å². The van der Waals surface area contributed by atoms with E-state index in [1.165, 1.54) is 42.4 Å². The first-order chi connectivity index (χ1) is 10.1. The van der Waals surface area contributed by atoms with Gasteiger partial charge in [-0.2, -0.15) is 0 Å². The second-order valence-corrected chi connectivity index (χ2v) is 6.58. The van der Waals surface area contributed by atoms with E-state index in [0.29, 0.717) is 5.75 Å². The monoisotopic (exact) mass is 280 g/mol. The highest BCUT2D eigenvalue weighted by Crippen LogP contribution is 2.36. The van der Waals surface area contributed by atoms with Gasteiger partial charge in [-0.05, 0) is 66.0 Å². The molecule has 0 radical (unpaired) electrons. The predicted molar refractivity (Wildman–Crippen MR) is 88.7 cm³/mol. The van der Waals surface area contributed by atoms with Gasteiger partial charge in [0.05, 0.1) is 0 Å². The van der Waals surface area contributed by atoms with Crippen LogP contribution in [-0.4, -0.2) is 5.11 Å². The molecule has 0 aromatic heterocycles. The molecule has 21 heavy (non-hydrogen) atoms. The van der Waals surface area contributed by atoms with E-state index in [4.69, 9.17) is 0 Å². The summed E-state index contributed by atoms with van der Waals surface area (Å²) in [6.45, 7) is 4.31. The molecule has 0 saturated heterocycles. The third-order valence-corrected chi connectivity index (χ3v) is 4.93. The van der Waals surface area contributed by atoms with Gasteiger partial charge >= 0.3 is 0 Å². The topological polar surface area (TPSA) is 20.2 Å². The van der Waals surface area contributed by atoms with Crippen molar-refractivity contribution in [2.75, 3.05) is 0 Å². The third-order valence-electron chi connectivity index (χ3n) is 4.93. The van der Waals surface area contributed by atoms with Gasteiger partial charge < -0.3 is 5.11 Å². The molecule has 3 rings (SSSR count). The molecule has 110 valence electrons. The summed E-state index contributed by atoms with van der Waals surface area (Å²) in [5.74, 6) is 2.02. The zero-order valence-corrected chi connectivity index (χ0v) is 13.0. The van der Waals surface area contributed by atoms with Crippen molar-refractivity contribution in [1.82, 2.24) is 0 Å². The molecule has 0 heterocycles. The molecule has 0 bridgehead atoms. The molecule has 1 fully saturated rings. The van der Waals surface area contributed by atoms with Gasteiger partial charge in [0.1, 0.15) is 5.75 Å². The van der Waals surface area contributed by atoms with Crippen molar-refractivity contribution >= 4 is 0 Å². The van der Waals surface area contributed by atoms with Crippen LogP contribution in [0.3, 0.4) is 0 Å². The van der Waals surface area contributed by atoms with Crippen molar-refractivity contribution < 1.29 is 5.11 Å². The number of phenolic OH excluding ortho intramolecular Hbond substituents is 1. The summed E-state index contributed by atoms with van der Waals surface area (Å²) in [7, 11) is 0. The first kappa shape index (κ1) is 14.2. The third kappa shape index (κ3) is 3.12. The van der Waals surface area contributed by atoms with Crippen molar-refractivity contribution in [2.45, 2.75) is 45.4 Å². The lowest BCUT2D eigenvalue weighted by Crippen LogP contribution is -2.10. The Bertz CT molecular complexity index is 604. The van der Waals surface area contributed by atoms with E-state index in [1.54, 1.807) is 6.07 Å². The Morgan fingerprint density at radius 2 is 1.48 bits per heavy atom. The molecule has 0 amide bonds. The average Bonchev–Trinajstić information content (AvgIpc) is 2.51. The van der Waals surface area contributed by atoms with E-state index in [-0.39, 0.29) is 0 Å². The first-order valence-electron chi connectivity index (χ1n) is 8.03. The summed E-state index contributed by atoms with van der Waals surface area (Å²) in [6, 6.07) is 14.8. The average molecular weight is 280 g/mol. The van der Waals surface area contributed by atoms with Crippen LogP contribution >= 0.6 is 0 Å². The number of rotatable bonds is 2. The summed E-state index contributed by atoms with van der Waals surface area (Å²) in [6.07, 6.45) is 5.39. The number of hydrogen-bond donors (Lipinski definition) is 1. The molecular weight excluding hydrogens is 256 g/mol. The van der Waals surface area contributed by atoms with E-state index < -0.39 is 0 Å². The second-order valence-electron chi connectivity index (χ2n) is 6.58. The van der Waals surface area contributed by atoms with Crippen molar-refractivity contribution in [3.63, 3.8) is 0 Å². The summed E-state index contributed by atoms with van der Waals surface area (Å²) in [5, 5.41) is 9.63. The van der Waals surface area contributed by atoms with Crippen molar-refractivity contribution in [3.8, 4) is 16.9 Å². The first-order valence-corrected chi connectivity index (χ1v) is 8.03. The normalized spacial score (nSPS) is 22.2. The van der Waals surface area contributed by atoms with Gasteiger partial charge in [0.15, 0.2) is 0 Å². The highest BCUT2D eigenvalue weighted by molar-refractivity contribution is 5.65. The Labute approximate surface area is 127 Å². The number of phenols is 1. The molecule has 0 aliphatic heterocycles. The Hall–Kier alpha value is -1.76. The van der Waals surface area contributed by atoms with Crippen LogP contribution in [0.5, 0.6) is 5.75 Å². The van der Waals surface area contributed by atoms with Crippen LogP contribution in [-0.2, 0) is 0 Å². The number of hydrogen-bond acceptors (Lipinski definition) is 1. The van der Waals surface area contributed by atoms with E-state index in [0.717, 1.165) is 17.4 Å². The van der Waals surface area contributed by atoms with Crippen molar-refractivity contribution in [1.29, 1.82) is 0 Å². The molecule has 0 unspecified atom stereocenters. The van der Waals surface area contributed by atoms with Crippen LogP contribution in [0.25, 0.3) is 11.1 Å². The fraction of sp³-hybridized carbons (Fsp3) is 0.400. The van der Waals surface area contributed by atoms with E-state index >= 15 is 0 Å². The van der Waals surface area contributed by atoms with E-state index in [1.807, 2.05) is 19.1 Å². The number of benzene rings is 2. The van der Waals surface area contributed by atoms with Crippen molar-refractivity contribution in [2.24, 2.45) is 5.92 Å². The quantitative estimate of drug-likeness (QED) is 0.752. The van der Waals surface area contributed by atoms with Gasteiger partial charge in [0.2, 0.25) is 0 Å². The molecule has 1 heteroatoms.